The summed E-state index contributed by atoms with van der Waals surface area (Å²) in [5.41, 5.74) is 3.40. The van der Waals surface area contributed by atoms with Crippen molar-refractivity contribution in [2.24, 2.45) is 0 Å². The van der Waals surface area contributed by atoms with Gasteiger partial charge in [-0.15, -0.1) is 0 Å². The third-order valence-electron chi connectivity index (χ3n) is 6.09. The predicted octanol–water partition coefficient (Wildman–Crippen LogP) is 4.89. The van der Waals surface area contributed by atoms with Gasteiger partial charge in [0.1, 0.15) is 10.7 Å². The summed E-state index contributed by atoms with van der Waals surface area (Å²) in [6, 6.07) is 20.1. The summed E-state index contributed by atoms with van der Waals surface area (Å²) in [5, 5.41) is 10.9. The number of hydrogen-bond acceptors (Lipinski definition) is 5. The molecule has 1 N–H and O–H groups in total. The second-order valence-electron chi connectivity index (χ2n) is 8.31. The van der Waals surface area contributed by atoms with E-state index in [0.29, 0.717) is 11.3 Å². The van der Waals surface area contributed by atoms with Crippen LogP contribution in [0.5, 0.6) is 5.75 Å². The number of aryl methyl sites for hydroxylation is 2. The number of methoxy groups -OCH3 is 1. The molecule has 0 saturated carbocycles. The van der Waals surface area contributed by atoms with Gasteiger partial charge in [-0.05, 0) is 54.3 Å². The topological polar surface area (TPSA) is 83.9 Å². The lowest BCUT2D eigenvalue weighted by atomic mass is 10.0. The Morgan fingerprint density at radius 1 is 0.912 bits per heavy atom. The molecule has 3 aromatic rings. The summed E-state index contributed by atoms with van der Waals surface area (Å²) >= 11 is 0. The molecule has 176 valence electrons. The molecule has 1 atom stereocenters. The Bertz CT molecular complexity index is 1330. The van der Waals surface area contributed by atoms with Crippen LogP contribution in [-0.4, -0.2) is 31.4 Å². The number of amides is 1. The van der Waals surface area contributed by atoms with E-state index < -0.39 is 27.5 Å². The van der Waals surface area contributed by atoms with Crippen molar-refractivity contribution in [1.29, 1.82) is 0 Å². The third kappa shape index (κ3) is 4.31. The van der Waals surface area contributed by atoms with E-state index >= 15 is 0 Å². The lowest BCUT2D eigenvalue weighted by molar-refractivity contribution is -0.130. The van der Waals surface area contributed by atoms with Crippen LogP contribution in [0.1, 0.15) is 35.2 Å². The smallest absolute Gasteiger partial charge is 0.290 e. The zero-order valence-corrected chi connectivity index (χ0v) is 20.2. The predicted molar refractivity (Wildman–Crippen MR) is 130 cm³/mol. The van der Waals surface area contributed by atoms with Gasteiger partial charge >= 0.3 is 0 Å². The van der Waals surface area contributed by atoms with Gasteiger partial charge in [-0.3, -0.25) is 4.79 Å². The third-order valence-corrected chi connectivity index (χ3v) is 7.98. The normalized spacial score (nSPS) is 16.3. The van der Waals surface area contributed by atoms with Crippen molar-refractivity contribution in [2.45, 2.75) is 37.8 Å². The van der Waals surface area contributed by atoms with E-state index in [1.54, 1.807) is 31.4 Å². The first-order valence-corrected chi connectivity index (χ1v) is 12.5. The van der Waals surface area contributed by atoms with Crippen molar-refractivity contribution < 1.29 is 23.1 Å². The Labute approximate surface area is 200 Å². The molecule has 1 aliphatic rings. The van der Waals surface area contributed by atoms with E-state index in [2.05, 4.69) is 0 Å². The van der Waals surface area contributed by atoms with Crippen molar-refractivity contribution >= 4 is 15.7 Å². The Balaban J connectivity index is 1.82. The average molecular weight is 478 g/mol. The van der Waals surface area contributed by atoms with E-state index in [1.807, 2.05) is 50.2 Å². The van der Waals surface area contributed by atoms with Gasteiger partial charge in [0.05, 0.1) is 18.0 Å². The van der Waals surface area contributed by atoms with Gasteiger partial charge in [0.15, 0.2) is 5.76 Å². The van der Waals surface area contributed by atoms with Crippen LogP contribution in [0.4, 0.5) is 0 Å². The van der Waals surface area contributed by atoms with Gasteiger partial charge in [-0.25, -0.2) is 8.42 Å². The second-order valence-corrected chi connectivity index (χ2v) is 10.2. The van der Waals surface area contributed by atoms with Gasteiger partial charge < -0.3 is 14.7 Å². The quantitative estimate of drug-likeness (QED) is 0.524. The van der Waals surface area contributed by atoms with Crippen LogP contribution in [0, 0.1) is 6.92 Å². The Morgan fingerprint density at radius 2 is 1.50 bits per heavy atom. The number of aliphatic hydroxyl groups is 1. The van der Waals surface area contributed by atoms with Crippen LogP contribution in [0.3, 0.4) is 0 Å². The summed E-state index contributed by atoms with van der Waals surface area (Å²) in [4.78, 5) is 14.4. The molecule has 0 radical (unpaired) electrons. The molecule has 0 bridgehead atoms. The Hall–Kier alpha value is -3.58. The van der Waals surface area contributed by atoms with Crippen LogP contribution in [-0.2, 0) is 27.6 Å². The van der Waals surface area contributed by atoms with Crippen LogP contribution in [0.2, 0.25) is 0 Å². The summed E-state index contributed by atoms with van der Waals surface area (Å²) in [7, 11) is -2.57. The maximum absolute atomic E-state index is 13.7. The van der Waals surface area contributed by atoms with Crippen molar-refractivity contribution in [2.75, 3.05) is 7.11 Å². The molecule has 0 aliphatic carbocycles. The minimum atomic E-state index is -4.14. The molecular weight excluding hydrogens is 450 g/mol. The fourth-order valence-corrected chi connectivity index (χ4v) is 5.75. The molecule has 6 nitrogen and oxygen atoms in total. The summed E-state index contributed by atoms with van der Waals surface area (Å²) in [6.45, 7) is 4.02. The van der Waals surface area contributed by atoms with Gasteiger partial charge in [0, 0.05) is 6.54 Å². The highest BCUT2D eigenvalue weighted by Gasteiger charge is 2.46. The fraction of sp³-hybridized carbons (Fsp3) is 0.222. The van der Waals surface area contributed by atoms with E-state index in [0.717, 1.165) is 23.1 Å². The first-order chi connectivity index (χ1) is 16.3. The second kappa shape index (κ2) is 9.35. The van der Waals surface area contributed by atoms with Crippen LogP contribution >= 0.6 is 0 Å². The molecule has 0 fully saturated rings. The summed E-state index contributed by atoms with van der Waals surface area (Å²) in [6.07, 6.45) is 0.828. The first kappa shape index (κ1) is 23.6. The highest BCUT2D eigenvalue weighted by molar-refractivity contribution is 7.95. The molecule has 0 saturated heterocycles. The minimum absolute atomic E-state index is 0.0360. The van der Waals surface area contributed by atoms with Crippen LogP contribution < -0.4 is 4.74 Å². The molecule has 4 rings (SSSR count). The van der Waals surface area contributed by atoms with Crippen LogP contribution in [0.15, 0.2) is 88.4 Å². The van der Waals surface area contributed by atoms with Crippen molar-refractivity contribution in [3.63, 3.8) is 0 Å². The number of ether oxygens (including phenoxy) is 1. The van der Waals surface area contributed by atoms with Gasteiger partial charge in [-0.2, -0.15) is 0 Å². The maximum Gasteiger partial charge on any atom is 0.290 e. The standard InChI is InChI=1S/C27H27NO5S/c1-4-19-7-11-21(12-8-19)24-26(34(31,32)23-15-5-18(2)6-16-23)25(29)27(30)28(24)17-20-9-13-22(33-3)14-10-20/h5-16,24,29H,4,17H2,1-3H3/t24-/m1/s1. The zero-order valence-electron chi connectivity index (χ0n) is 19.4. The SMILES string of the molecule is CCc1ccc([C@@H]2C(S(=O)(=O)c3ccc(C)cc3)=C(O)C(=O)N2Cc2ccc(OC)cc2)cc1. The fourth-order valence-electron chi connectivity index (χ4n) is 4.11. The number of nitrogens with zero attached hydrogens (tertiary/aromatic N) is 1. The summed E-state index contributed by atoms with van der Waals surface area (Å²) in [5.74, 6) is -0.781. The molecule has 0 spiro atoms. The monoisotopic (exact) mass is 477 g/mol. The molecule has 1 amide bonds. The average Bonchev–Trinajstić information content (AvgIpc) is 3.10. The Morgan fingerprint density at radius 3 is 2.06 bits per heavy atom. The highest BCUT2D eigenvalue weighted by Crippen LogP contribution is 2.43. The zero-order chi connectivity index (χ0) is 24.5. The van der Waals surface area contributed by atoms with E-state index in [-0.39, 0.29) is 16.3 Å². The molecule has 0 aromatic heterocycles. The van der Waals surface area contributed by atoms with Crippen molar-refractivity contribution in [1.82, 2.24) is 4.90 Å². The molecule has 7 heteroatoms. The lowest BCUT2D eigenvalue weighted by Gasteiger charge is -2.27. The Kier molecular flexibility index (Phi) is 6.48. The van der Waals surface area contributed by atoms with Crippen molar-refractivity contribution in [3.05, 3.63) is 106 Å². The van der Waals surface area contributed by atoms with Crippen LogP contribution in [0.25, 0.3) is 0 Å². The number of rotatable bonds is 7. The maximum atomic E-state index is 13.7. The van der Waals surface area contributed by atoms with Gasteiger partial charge in [0.25, 0.3) is 5.91 Å². The first-order valence-electron chi connectivity index (χ1n) is 11.0. The molecule has 1 aliphatic heterocycles. The molecule has 1 heterocycles. The van der Waals surface area contributed by atoms with E-state index in [4.69, 9.17) is 4.74 Å². The van der Waals surface area contributed by atoms with E-state index in [9.17, 15) is 18.3 Å². The highest BCUT2D eigenvalue weighted by atomic mass is 32.2. The van der Waals surface area contributed by atoms with Gasteiger partial charge in [0.2, 0.25) is 9.84 Å². The van der Waals surface area contributed by atoms with Crippen molar-refractivity contribution in [3.8, 4) is 5.75 Å². The number of aliphatic hydroxyl groups excluding tert-OH is 1. The molecule has 3 aromatic carbocycles. The molecule has 34 heavy (non-hydrogen) atoms. The van der Waals surface area contributed by atoms with E-state index in [1.165, 1.54) is 17.0 Å². The number of hydrogen-bond donors (Lipinski definition) is 1. The number of carbonyl (C=O) groups excluding carboxylic acids is 1. The summed E-state index contributed by atoms with van der Waals surface area (Å²) < 4.78 is 32.6. The lowest BCUT2D eigenvalue weighted by Crippen LogP contribution is -2.30. The molecule has 0 unspecified atom stereocenters. The number of sulfone groups is 1. The molecular formula is C27H27NO5S. The largest absolute Gasteiger partial charge is 0.502 e. The minimum Gasteiger partial charge on any atom is -0.502 e. The number of benzene rings is 3. The number of carbonyl (C=O) groups is 1. The van der Waals surface area contributed by atoms with Gasteiger partial charge in [-0.1, -0.05) is 61.0 Å².